The largest absolute Gasteiger partial charge is 0.327 e. The number of nitrogens with zero attached hydrogens (tertiary/aromatic N) is 3. The first-order valence-electron chi connectivity index (χ1n) is 4.51. The number of hydrogen-bond donors (Lipinski definition) is 0. The fraction of sp³-hybridized carbons (Fsp3) is 0.111. The molecule has 0 atom stereocenters. The number of aromatic nitrogens is 1. The highest BCUT2D eigenvalue weighted by molar-refractivity contribution is 7.17. The molecule has 0 aliphatic rings. The summed E-state index contributed by atoms with van der Waals surface area (Å²) in [5, 5.41) is 12.2. The summed E-state index contributed by atoms with van der Waals surface area (Å²) in [5.41, 5.74) is 0. The zero-order valence-electron chi connectivity index (χ0n) is 8.69. The lowest BCUT2D eigenvalue weighted by molar-refractivity contribution is -0.380. The van der Waals surface area contributed by atoms with Gasteiger partial charge in [0.1, 0.15) is 4.88 Å². The van der Waals surface area contributed by atoms with Crippen molar-refractivity contribution in [3.05, 3.63) is 43.5 Å². The lowest BCUT2D eigenvalue weighted by Gasteiger charge is -1.89. The molecule has 0 bridgehead atoms. The van der Waals surface area contributed by atoms with Gasteiger partial charge in [0.05, 0.1) is 4.92 Å². The third-order valence-electron chi connectivity index (χ3n) is 1.94. The highest BCUT2D eigenvalue weighted by Gasteiger charge is 2.14. The molecule has 2 heterocycles. The quantitative estimate of drug-likeness (QED) is 0.616. The maximum absolute atomic E-state index is 11.7. The highest BCUT2D eigenvalue weighted by atomic mass is 32.1. The molecule has 8 heteroatoms. The van der Waals surface area contributed by atoms with Crippen molar-refractivity contribution in [1.29, 1.82) is 0 Å². The molecular formula is C9H7N3O3S2. The molecule has 0 aromatic carbocycles. The predicted octanol–water partition coefficient (Wildman–Crippen LogP) is 1.80. The predicted molar refractivity (Wildman–Crippen MR) is 64.2 cm³/mol. The van der Waals surface area contributed by atoms with E-state index >= 15 is 0 Å². The number of thiazole rings is 1. The Balaban J connectivity index is 2.32. The van der Waals surface area contributed by atoms with E-state index in [-0.39, 0.29) is 9.88 Å². The summed E-state index contributed by atoms with van der Waals surface area (Å²) in [6, 6.07) is 2.73. The summed E-state index contributed by atoms with van der Waals surface area (Å²) >= 11 is 2.16. The van der Waals surface area contributed by atoms with E-state index in [0.717, 1.165) is 11.3 Å². The number of hydrogen-bond acceptors (Lipinski definition) is 5. The van der Waals surface area contributed by atoms with Gasteiger partial charge in [0, 0.05) is 24.7 Å². The maximum atomic E-state index is 11.7. The topological polar surface area (TPSA) is 77.5 Å². The van der Waals surface area contributed by atoms with Crippen LogP contribution in [-0.2, 0) is 7.05 Å². The highest BCUT2D eigenvalue weighted by Crippen LogP contribution is 2.24. The molecule has 0 N–H and O–H groups in total. The van der Waals surface area contributed by atoms with Gasteiger partial charge in [0.25, 0.3) is 5.91 Å². The van der Waals surface area contributed by atoms with Crippen LogP contribution in [0.4, 0.5) is 5.00 Å². The first kappa shape index (κ1) is 11.7. The normalized spacial score (nSPS) is 11.7. The van der Waals surface area contributed by atoms with Gasteiger partial charge in [0.2, 0.25) is 0 Å². The van der Waals surface area contributed by atoms with E-state index in [4.69, 9.17) is 0 Å². The Morgan fingerprint density at radius 1 is 1.53 bits per heavy atom. The molecule has 0 fully saturated rings. The van der Waals surface area contributed by atoms with Gasteiger partial charge in [-0.05, 0) is 6.07 Å². The van der Waals surface area contributed by atoms with Crippen LogP contribution in [0, 0.1) is 10.1 Å². The average molecular weight is 269 g/mol. The van der Waals surface area contributed by atoms with Gasteiger partial charge in [-0.3, -0.25) is 14.9 Å². The SMILES string of the molecule is Cn1ccsc1=NC(=O)c1ccc([N+](=O)[O-])s1. The van der Waals surface area contributed by atoms with E-state index in [9.17, 15) is 14.9 Å². The molecule has 17 heavy (non-hydrogen) atoms. The third kappa shape index (κ3) is 2.48. The molecule has 2 aromatic rings. The van der Waals surface area contributed by atoms with E-state index in [1.807, 2.05) is 5.38 Å². The summed E-state index contributed by atoms with van der Waals surface area (Å²) in [6.45, 7) is 0. The average Bonchev–Trinajstić information content (AvgIpc) is 2.88. The summed E-state index contributed by atoms with van der Waals surface area (Å²) in [4.78, 5) is 26.4. The van der Waals surface area contributed by atoms with Crippen molar-refractivity contribution in [2.24, 2.45) is 12.0 Å². The van der Waals surface area contributed by atoms with Crippen molar-refractivity contribution in [2.45, 2.75) is 0 Å². The summed E-state index contributed by atoms with van der Waals surface area (Å²) in [5.74, 6) is -0.457. The Labute approximate surface area is 104 Å². The molecule has 2 aromatic heterocycles. The molecule has 6 nitrogen and oxygen atoms in total. The summed E-state index contributed by atoms with van der Waals surface area (Å²) in [7, 11) is 1.78. The van der Waals surface area contributed by atoms with Gasteiger partial charge < -0.3 is 4.57 Å². The van der Waals surface area contributed by atoms with E-state index in [1.165, 1.54) is 23.5 Å². The smallest absolute Gasteiger partial charge is 0.324 e. The number of carbonyl (C=O) groups is 1. The molecule has 0 spiro atoms. The first-order chi connectivity index (χ1) is 8.08. The van der Waals surface area contributed by atoms with Crippen molar-refractivity contribution >= 4 is 33.6 Å². The Bertz CT molecular complexity index is 638. The molecule has 88 valence electrons. The van der Waals surface area contributed by atoms with Crippen molar-refractivity contribution in [2.75, 3.05) is 0 Å². The second-order valence-corrected chi connectivity index (χ2v) is 5.04. The second kappa shape index (κ2) is 4.60. The zero-order chi connectivity index (χ0) is 12.4. The molecule has 0 aliphatic heterocycles. The molecular weight excluding hydrogens is 262 g/mol. The van der Waals surface area contributed by atoms with Crippen LogP contribution in [0.5, 0.6) is 0 Å². The van der Waals surface area contributed by atoms with Crippen molar-refractivity contribution in [1.82, 2.24) is 4.57 Å². The number of rotatable bonds is 2. The molecule has 0 radical (unpaired) electrons. The molecule has 0 aliphatic carbocycles. The number of carbonyl (C=O) groups excluding carboxylic acids is 1. The van der Waals surface area contributed by atoms with Crippen LogP contribution in [0.25, 0.3) is 0 Å². The van der Waals surface area contributed by atoms with Gasteiger partial charge in [-0.1, -0.05) is 11.3 Å². The Hall–Kier alpha value is -1.80. The van der Waals surface area contributed by atoms with Crippen molar-refractivity contribution in [3.63, 3.8) is 0 Å². The zero-order valence-corrected chi connectivity index (χ0v) is 10.3. The van der Waals surface area contributed by atoms with Gasteiger partial charge in [-0.2, -0.15) is 4.99 Å². The lowest BCUT2D eigenvalue weighted by Crippen LogP contribution is -2.11. The Kier molecular flexibility index (Phi) is 3.16. The minimum Gasteiger partial charge on any atom is -0.327 e. The van der Waals surface area contributed by atoms with E-state index in [1.54, 1.807) is 17.8 Å². The standard InChI is InChI=1S/C9H7N3O3S2/c1-11-4-5-16-9(11)10-8(13)6-2-3-7(17-6)12(14)15/h2-5H,1H3. The number of thiophene rings is 1. The molecule has 0 unspecified atom stereocenters. The number of amides is 1. The van der Waals surface area contributed by atoms with Crippen molar-refractivity contribution in [3.8, 4) is 0 Å². The third-order valence-corrected chi connectivity index (χ3v) is 3.81. The molecule has 2 rings (SSSR count). The van der Waals surface area contributed by atoms with Gasteiger partial charge in [-0.15, -0.1) is 11.3 Å². The van der Waals surface area contributed by atoms with E-state index < -0.39 is 10.8 Å². The van der Waals surface area contributed by atoms with Crippen LogP contribution in [0.2, 0.25) is 0 Å². The lowest BCUT2D eigenvalue weighted by atomic mass is 10.4. The maximum Gasteiger partial charge on any atom is 0.324 e. The molecule has 0 saturated carbocycles. The van der Waals surface area contributed by atoms with Gasteiger partial charge in [-0.25, -0.2) is 0 Å². The molecule has 0 saturated heterocycles. The molecule has 1 amide bonds. The van der Waals surface area contributed by atoms with Gasteiger partial charge in [0.15, 0.2) is 4.80 Å². The van der Waals surface area contributed by atoms with Crippen LogP contribution in [0.15, 0.2) is 28.7 Å². The second-order valence-electron chi connectivity index (χ2n) is 3.11. The first-order valence-corrected chi connectivity index (χ1v) is 6.21. The van der Waals surface area contributed by atoms with E-state index in [0.29, 0.717) is 4.80 Å². The minimum absolute atomic E-state index is 0.0564. The van der Waals surface area contributed by atoms with Crippen LogP contribution in [0.1, 0.15) is 9.67 Å². The minimum atomic E-state index is -0.521. The van der Waals surface area contributed by atoms with Crippen LogP contribution in [-0.4, -0.2) is 15.4 Å². The Morgan fingerprint density at radius 2 is 2.29 bits per heavy atom. The van der Waals surface area contributed by atoms with Crippen LogP contribution in [0.3, 0.4) is 0 Å². The van der Waals surface area contributed by atoms with Crippen molar-refractivity contribution < 1.29 is 9.72 Å². The fourth-order valence-electron chi connectivity index (χ4n) is 1.12. The summed E-state index contributed by atoms with van der Waals surface area (Å²) < 4.78 is 1.71. The van der Waals surface area contributed by atoms with Crippen LogP contribution < -0.4 is 4.80 Å². The number of aryl methyl sites for hydroxylation is 1. The van der Waals surface area contributed by atoms with E-state index in [2.05, 4.69) is 4.99 Å². The number of nitro groups is 1. The summed E-state index contributed by atoms with van der Waals surface area (Å²) in [6.07, 6.45) is 1.79. The fourth-order valence-corrected chi connectivity index (χ4v) is 2.55. The van der Waals surface area contributed by atoms with Crippen LogP contribution >= 0.6 is 22.7 Å². The van der Waals surface area contributed by atoms with Gasteiger partial charge >= 0.3 is 5.00 Å². The monoisotopic (exact) mass is 269 g/mol. The Morgan fingerprint density at radius 3 is 2.82 bits per heavy atom.